The maximum atomic E-state index is 14.1. The second-order valence-electron chi connectivity index (χ2n) is 8.30. The van der Waals surface area contributed by atoms with Gasteiger partial charge in [-0.05, 0) is 37.1 Å². The molecule has 2 fully saturated rings. The van der Waals surface area contributed by atoms with Gasteiger partial charge in [0, 0.05) is 37.7 Å². The standard InChI is InChI=1S/C25H24FN3O3/c26-21-11-4-3-10-20(21)22-16-27-23(32-22)18-8-1-2-9-19(18)25(31)29-14-12-28(13-15-29)24(30)17-6-5-7-17/h1-4,8-11,16-17H,5-7,12-15H2. The Labute approximate surface area is 185 Å². The molecule has 1 saturated heterocycles. The molecule has 2 amide bonds. The van der Waals surface area contributed by atoms with Crippen LogP contribution >= 0.6 is 0 Å². The first kappa shape index (κ1) is 20.4. The number of amides is 2. The van der Waals surface area contributed by atoms with Crippen LogP contribution in [0, 0.1) is 11.7 Å². The summed E-state index contributed by atoms with van der Waals surface area (Å²) in [6.07, 6.45) is 4.57. The summed E-state index contributed by atoms with van der Waals surface area (Å²) >= 11 is 0. The van der Waals surface area contributed by atoms with Crippen LogP contribution in [0.3, 0.4) is 0 Å². The van der Waals surface area contributed by atoms with Crippen molar-refractivity contribution in [3.05, 3.63) is 66.1 Å². The molecule has 1 aliphatic carbocycles. The number of hydrogen-bond donors (Lipinski definition) is 0. The highest BCUT2D eigenvalue weighted by molar-refractivity contribution is 6.00. The van der Waals surface area contributed by atoms with Crippen LogP contribution in [0.15, 0.2) is 59.1 Å². The molecular weight excluding hydrogens is 409 g/mol. The molecule has 3 aromatic rings. The average Bonchev–Trinajstić information content (AvgIpc) is 3.28. The average molecular weight is 433 g/mol. The SMILES string of the molecule is O=C(c1ccccc1-c1ncc(-c2ccccc2F)o1)N1CCN(C(=O)C2CCC2)CC1. The van der Waals surface area contributed by atoms with Crippen molar-refractivity contribution in [2.75, 3.05) is 26.2 Å². The van der Waals surface area contributed by atoms with E-state index < -0.39 is 5.82 Å². The van der Waals surface area contributed by atoms with Crippen LogP contribution in [0.4, 0.5) is 4.39 Å². The van der Waals surface area contributed by atoms with Gasteiger partial charge >= 0.3 is 0 Å². The number of halogens is 1. The minimum atomic E-state index is -0.395. The Morgan fingerprint density at radius 1 is 0.906 bits per heavy atom. The largest absolute Gasteiger partial charge is 0.436 e. The van der Waals surface area contributed by atoms with E-state index in [9.17, 15) is 14.0 Å². The fourth-order valence-corrected chi connectivity index (χ4v) is 4.25. The fraction of sp³-hybridized carbons (Fsp3) is 0.320. The summed E-state index contributed by atoms with van der Waals surface area (Å²) in [5.74, 6) is 0.459. The molecule has 2 aromatic carbocycles. The van der Waals surface area contributed by atoms with E-state index in [4.69, 9.17) is 4.42 Å². The number of piperazine rings is 1. The van der Waals surface area contributed by atoms with Crippen LogP contribution in [-0.2, 0) is 4.79 Å². The number of benzene rings is 2. The summed E-state index contributed by atoms with van der Waals surface area (Å²) in [6, 6.07) is 13.5. The number of oxazole rings is 1. The topological polar surface area (TPSA) is 66.7 Å². The molecule has 164 valence electrons. The van der Waals surface area contributed by atoms with Gasteiger partial charge in [0.05, 0.1) is 17.3 Å². The van der Waals surface area contributed by atoms with Crippen molar-refractivity contribution in [2.45, 2.75) is 19.3 Å². The minimum absolute atomic E-state index is 0.123. The first-order valence-corrected chi connectivity index (χ1v) is 11.0. The third-order valence-electron chi connectivity index (χ3n) is 6.37. The molecule has 32 heavy (non-hydrogen) atoms. The number of carbonyl (C=O) groups is 2. The van der Waals surface area contributed by atoms with Gasteiger partial charge in [0.25, 0.3) is 5.91 Å². The van der Waals surface area contributed by atoms with Crippen molar-refractivity contribution in [1.82, 2.24) is 14.8 Å². The molecule has 2 aliphatic rings. The molecule has 5 rings (SSSR count). The van der Waals surface area contributed by atoms with Crippen molar-refractivity contribution in [3.63, 3.8) is 0 Å². The molecule has 7 heteroatoms. The Kier molecular flexibility index (Phi) is 5.47. The predicted octanol–water partition coefficient (Wildman–Crippen LogP) is 4.23. The van der Waals surface area contributed by atoms with Crippen LogP contribution in [-0.4, -0.2) is 52.8 Å². The van der Waals surface area contributed by atoms with E-state index in [1.165, 1.54) is 12.3 Å². The fourth-order valence-electron chi connectivity index (χ4n) is 4.25. The van der Waals surface area contributed by atoms with Crippen LogP contribution in [0.2, 0.25) is 0 Å². The Hall–Kier alpha value is -3.48. The number of rotatable bonds is 4. The van der Waals surface area contributed by atoms with E-state index >= 15 is 0 Å². The Morgan fingerprint density at radius 3 is 2.25 bits per heavy atom. The second kappa shape index (κ2) is 8.57. The molecule has 1 aliphatic heterocycles. The molecule has 0 bridgehead atoms. The minimum Gasteiger partial charge on any atom is -0.436 e. The molecule has 1 saturated carbocycles. The number of hydrogen-bond acceptors (Lipinski definition) is 4. The van der Waals surface area contributed by atoms with Gasteiger partial charge < -0.3 is 14.2 Å². The molecule has 1 aromatic heterocycles. The summed E-state index contributed by atoms with van der Waals surface area (Å²) < 4.78 is 20.0. The monoisotopic (exact) mass is 433 g/mol. The molecule has 0 radical (unpaired) electrons. The van der Waals surface area contributed by atoms with E-state index in [2.05, 4.69) is 4.98 Å². The van der Waals surface area contributed by atoms with E-state index in [-0.39, 0.29) is 23.6 Å². The zero-order chi connectivity index (χ0) is 22.1. The normalized spacial score (nSPS) is 16.7. The lowest BCUT2D eigenvalue weighted by Crippen LogP contribution is -2.52. The third-order valence-corrected chi connectivity index (χ3v) is 6.37. The van der Waals surface area contributed by atoms with Crippen molar-refractivity contribution in [2.24, 2.45) is 5.92 Å². The molecule has 2 heterocycles. The lowest BCUT2D eigenvalue weighted by Gasteiger charge is -2.38. The Bertz CT molecular complexity index is 1150. The Balaban J connectivity index is 1.33. The maximum absolute atomic E-state index is 14.1. The van der Waals surface area contributed by atoms with Crippen molar-refractivity contribution < 1.29 is 18.4 Å². The number of aromatic nitrogens is 1. The van der Waals surface area contributed by atoms with E-state index in [0.717, 1.165) is 19.3 Å². The van der Waals surface area contributed by atoms with Gasteiger partial charge in [0.2, 0.25) is 11.8 Å². The smallest absolute Gasteiger partial charge is 0.254 e. The summed E-state index contributed by atoms with van der Waals surface area (Å²) in [5, 5.41) is 0. The lowest BCUT2D eigenvalue weighted by atomic mass is 9.84. The summed E-state index contributed by atoms with van der Waals surface area (Å²) in [4.78, 5) is 33.7. The maximum Gasteiger partial charge on any atom is 0.254 e. The summed E-state index contributed by atoms with van der Waals surface area (Å²) in [5.41, 5.74) is 1.36. The van der Waals surface area contributed by atoms with E-state index in [0.29, 0.717) is 48.6 Å². The number of carbonyl (C=O) groups excluding carboxylic acids is 2. The van der Waals surface area contributed by atoms with Gasteiger partial charge in [-0.2, -0.15) is 0 Å². The quantitative estimate of drug-likeness (QED) is 0.618. The highest BCUT2D eigenvalue weighted by atomic mass is 19.1. The van der Waals surface area contributed by atoms with Crippen molar-refractivity contribution >= 4 is 11.8 Å². The highest BCUT2D eigenvalue weighted by Gasteiger charge is 2.32. The molecule has 0 atom stereocenters. The van der Waals surface area contributed by atoms with E-state index in [1.54, 1.807) is 41.3 Å². The number of nitrogens with zero attached hydrogens (tertiary/aromatic N) is 3. The highest BCUT2D eigenvalue weighted by Crippen LogP contribution is 2.31. The third kappa shape index (κ3) is 3.79. The van der Waals surface area contributed by atoms with Gasteiger partial charge in [-0.1, -0.05) is 30.7 Å². The van der Waals surface area contributed by atoms with Gasteiger partial charge in [0.15, 0.2) is 5.76 Å². The Morgan fingerprint density at radius 2 is 1.56 bits per heavy atom. The summed E-state index contributed by atoms with van der Waals surface area (Å²) in [7, 11) is 0. The van der Waals surface area contributed by atoms with Gasteiger partial charge in [-0.15, -0.1) is 0 Å². The second-order valence-corrected chi connectivity index (χ2v) is 8.30. The van der Waals surface area contributed by atoms with Crippen LogP contribution in [0.5, 0.6) is 0 Å². The first-order chi connectivity index (χ1) is 15.6. The molecule has 0 unspecified atom stereocenters. The van der Waals surface area contributed by atoms with Crippen LogP contribution in [0.25, 0.3) is 22.8 Å². The van der Waals surface area contributed by atoms with Gasteiger partial charge in [-0.25, -0.2) is 9.37 Å². The van der Waals surface area contributed by atoms with E-state index in [1.807, 2.05) is 11.0 Å². The van der Waals surface area contributed by atoms with Crippen LogP contribution < -0.4 is 0 Å². The van der Waals surface area contributed by atoms with Gasteiger partial charge in [-0.3, -0.25) is 9.59 Å². The molecule has 0 spiro atoms. The zero-order valence-corrected chi connectivity index (χ0v) is 17.7. The predicted molar refractivity (Wildman–Crippen MR) is 117 cm³/mol. The summed E-state index contributed by atoms with van der Waals surface area (Å²) in [6.45, 7) is 2.11. The molecule has 6 nitrogen and oxygen atoms in total. The first-order valence-electron chi connectivity index (χ1n) is 11.0. The zero-order valence-electron chi connectivity index (χ0n) is 17.7. The van der Waals surface area contributed by atoms with Crippen LogP contribution in [0.1, 0.15) is 29.6 Å². The van der Waals surface area contributed by atoms with Crippen molar-refractivity contribution in [1.29, 1.82) is 0 Å². The van der Waals surface area contributed by atoms with Crippen molar-refractivity contribution in [3.8, 4) is 22.8 Å². The van der Waals surface area contributed by atoms with Gasteiger partial charge in [0.1, 0.15) is 5.82 Å². The molecule has 0 N–H and O–H groups in total. The lowest BCUT2D eigenvalue weighted by molar-refractivity contribution is -0.139. The molecular formula is C25H24FN3O3.